The second kappa shape index (κ2) is 11.0. The van der Waals surface area contributed by atoms with Crippen molar-refractivity contribution in [1.82, 2.24) is 28.7 Å². The third-order valence-corrected chi connectivity index (χ3v) is 7.76. The van der Waals surface area contributed by atoms with Crippen molar-refractivity contribution in [3.05, 3.63) is 103 Å². The molecule has 0 amide bonds. The van der Waals surface area contributed by atoms with Gasteiger partial charge in [0.05, 0.1) is 28.8 Å². The first-order valence-corrected chi connectivity index (χ1v) is 13.6. The Morgan fingerprint density at radius 1 is 0.923 bits per heavy atom. The number of aromatic nitrogens is 4. The number of rotatable bonds is 7. The molecule has 1 saturated heterocycles. The Hall–Kier alpha value is -4.05. The number of hydrogen-bond donors (Lipinski definition) is 1. The van der Waals surface area contributed by atoms with Crippen molar-refractivity contribution in [2.24, 2.45) is 0 Å². The van der Waals surface area contributed by atoms with Crippen molar-refractivity contribution in [3.63, 3.8) is 0 Å². The van der Waals surface area contributed by atoms with Crippen LogP contribution in [0.15, 0.2) is 91.2 Å². The first kappa shape index (κ1) is 25.2. The van der Waals surface area contributed by atoms with E-state index in [1.165, 1.54) is 17.8 Å². The van der Waals surface area contributed by atoms with Crippen LogP contribution in [0.3, 0.4) is 0 Å². The molecule has 7 nitrogen and oxygen atoms in total. The number of hydrogen-bond acceptors (Lipinski definition) is 7. The highest BCUT2D eigenvalue weighted by atomic mass is 32.2. The summed E-state index contributed by atoms with van der Waals surface area (Å²) in [6.07, 6.45) is 4.72. The molecule has 0 spiro atoms. The molecule has 4 aromatic heterocycles. The summed E-state index contributed by atoms with van der Waals surface area (Å²) in [7, 11) is 0. The molecule has 6 rings (SSSR count). The van der Waals surface area contributed by atoms with Crippen molar-refractivity contribution >= 4 is 28.7 Å². The van der Waals surface area contributed by atoms with Crippen molar-refractivity contribution in [2.75, 3.05) is 31.9 Å². The largest absolute Gasteiger partial charge is 0.383 e. The monoisotopic (exact) mass is 537 g/mol. The number of nitrogens with zero attached hydrogens (tertiary/aromatic N) is 6. The normalized spacial score (nSPS) is 14.6. The molecular weight excluding hydrogens is 509 g/mol. The molecule has 0 aliphatic carbocycles. The van der Waals surface area contributed by atoms with E-state index in [4.69, 9.17) is 5.73 Å². The van der Waals surface area contributed by atoms with Gasteiger partial charge in [-0.2, -0.15) is 0 Å². The van der Waals surface area contributed by atoms with Gasteiger partial charge in [-0.05, 0) is 59.5 Å². The standard InChI is InChI=1S/C30H28FN7S/c1-2-39-37-14-12-36(13-15-37)20-21-5-8-24(9-6-21)38-28-17-27(26-10-7-23(31)19-35-26)34-18-22(28)16-29(38)25-4-3-11-33-30(25)32/h2-11,16-19H,1,12-15,20H2,(H2,32,33). The molecule has 9 heteroatoms. The quantitative estimate of drug-likeness (QED) is 0.264. The topological polar surface area (TPSA) is 76.1 Å². The summed E-state index contributed by atoms with van der Waals surface area (Å²) >= 11 is 1.69. The molecule has 1 aliphatic heterocycles. The summed E-state index contributed by atoms with van der Waals surface area (Å²) < 4.78 is 18.0. The Morgan fingerprint density at radius 3 is 2.44 bits per heavy atom. The van der Waals surface area contributed by atoms with Crippen LogP contribution in [-0.2, 0) is 6.54 Å². The summed E-state index contributed by atoms with van der Waals surface area (Å²) in [5.74, 6) is 0.0792. The summed E-state index contributed by atoms with van der Waals surface area (Å²) in [6, 6.07) is 19.6. The van der Waals surface area contributed by atoms with Crippen LogP contribution in [0.25, 0.3) is 39.2 Å². The predicted molar refractivity (Wildman–Crippen MR) is 157 cm³/mol. The molecule has 1 aliphatic rings. The van der Waals surface area contributed by atoms with Crippen LogP contribution >= 0.6 is 11.9 Å². The van der Waals surface area contributed by atoms with Gasteiger partial charge < -0.3 is 10.3 Å². The number of pyridine rings is 3. The maximum absolute atomic E-state index is 13.5. The van der Waals surface area contributed by atoms with Crippen molar-refractivity contribution < 1.29 is 4.39 Å². The Morgan fingerprint density at radius 2 is 1.72 bits per heavy atom. The fourth-order valence-electron chi connectivity index (χ4n) is 4.99. The Bertz CT molecular complexity index is 1610. The average molecular weight is 538 g/mol. The van der Waals surface area contributed by atoms with Gasteiger partial charge in [0.15, 0.2) is 0 Å². The highest BCUT2D eigenvalue weighted by Crippen LogP contribution is 2.35. The first-order chi connectivity index (χ1) is 19.1. The van der Waals surface area contributed by atoms with Crippen LogP contribution in [0.4, 0.5) is 10.2 Å². The average Bonchev–Trinajstić information content (AvgIpc) is 3.34. The molecule has 196 valence electrons. The van der Waals surface area contributed by atoms with Gasteiger partial charge in [-0.3, -0.25) is 14.9 Å². The maximum atomic E-state index is 13.5. The second-order valence-electron chi connectivity index (χ2n) is 9.43. The number of benzene rings is 1. The van der Waals surface area contributed by atoms with Gasteiger partial charge >= 0.3 is 0 Å². The zero-order chi connectivity index (χ0) is 26.8. The zero-order valence-corrected chi connectivity index (χ0v) is 22.2. The highest BCUT2D eigenvalue weighted by Gasteiger charge is 2.19. The molecule has 0 bridgehead atoms. The SMILES string of the molecule is C=CSN1CCN(Cc2ccc(-n3c(-c4cccnc4N)cc4cnc(-c5ccc(F)cn5)cc43)cc2)CC1. The van der Waals surface area contributed by atoms with Crippen molar-refractivity contribution in [1.29, 1.82) is 0 Å². The Kier molecular flexibility index (Phi) is 7.10. The van der Waals surface area contributed by atoms with Crippen LogP contribution in [0.2, 0.25) is 0 Å². The maximum Gasteiger partial charge on any atom is 0.141 e. The van der Waals surface area contributed by atoms with Crippen LogP contribution in [0.5, 0.6) is 0 Å². The molecule has 39 heavy (non-hydrogen) atoms. The minimum atomic E-state index is -0.379. The van der Waals surface area contributed by atoms with Gasteiger partial charge in [-0.1, -0.05) is 30.7 Å². The molecule has 0 atom stereocenters. The summed E-state index contributed by atoms with van der Waals surface area (Å²) in [6.45, 7) is 8.84. The lowest BCUT2D eigenvalue weighted by Crippen LogP contribution is -2.42. The van der Waals surface area contributed by atoms with Crippen LogP contribution in [-0.4, -0.2) is 54.9 Å². The third-order valence-electron chi connectivity index (χ3n) is 6.95. The first-order valence-electron chi connectivity index (χ1n) is 12.8. The third kappa shape index (κ3) is 5.29. The zero-order valence-electron chi connectivity index (χ0n) is 21.4. The molecule has 1 aromatic carbocycles. The van der Waals surface area contributed by atoms with E-state index in [2.05, 4.69) is 65.6 Å². The lowest BCUT2D eigenvalue weighted by atomic mass is 10.1. The van der Waals surface area contributed by atoms with Gasteiger partial charge in [0.2, 0.25) is 0 Å². The minimum Gasteiger partial charge on any atom is -0.383 e. The number of halogens is 1. The van der Waals surface area contributed by atoms with Gasteiger partial charge in [-0.15, -0.1) is 0 Å². The Balaban J connectivity index is 1.37. The van der Waals surface area contributed by atoms with Crippen LogP contribution in [0, 0.1) is 5.82 Å². The molecule has 0 saturated carbocycles. The van der Waals surface area contributed by atoms with Gasteiger partial charge in [0.25, 0.3) is 0 Å². The molecule has 0 radical (unpaired) electrons. The van der Waals surface area contributed by atoms with E-state index in [0.717, 1.165) is 60.6 Å². The smallest absolute Gasteiger partial charge is 0.141 e. The van der Waals surface area contributed by atoms with Crippen molar-refractivity contribution in [2.45, 2.75) is 6.54 Å². The molecule has 0 unspecified atom stereocenters. The second-order valence-corrected chi connectivity index (χ2v) is 10.5. The fourth-order valence-corrected chi connectivity index (χ4v) is 5.57. The number of fused-ring (bicyclic) bond motifs is 1. The lowest BCUT2D eigenvalue weighted by molar-refractivity contribution is 0.190. The fraction of sp³-hybridized carbons (Fsp3) is 0.167. The minimum absolute atomic E-state index is 0.379. The van der Waals surface area contributed by atoms with Crippen LogP contribution in [0.1, 0.15) is 5.56 Å². The van der Waals surface area contributed by atoms with E-state index in [0.29, 0.717) is 17.2 Å². The van der Waals surface area contributed by atoms with Crippen LogP contribution < -0.4 is 5.73 Å². The number of anilines is 1. The van der Waals surface area contributed by atoms with E-state index in [-0.39, 0.29) is 5.82 Å². The van der Waals surface area contributed by atoms with E-state index < -0.39 is 0 Å². The van der Waals surface area contributed by atoms with E-state index in [9.17, 15) is 4.39 Å². The summed E-state index contributed by atoms with van der Waals surface area (Å²) in [5, 5.41) is 2.85. The molecule has 2 N–H and O–H groups in total. The predicted octanol–water partition coefficient (Wildman–Crippen LogP) is 5.78. The van der Waals surface area contributed by atoms with Gasteiger partial charge in [-0.25, -0.2) is 13.7 Å². The number of nitrogens with two attached hydrogens (primary N) is 1. The number of nitrogen functional groups attached to an aromatic ring is 1. The van der Waals surface area contributed by atoms with E-state index in [1.807, 2.05) is 29.8 Å². The highest BCUT2D eigenvalue weighted by molar-refractivity contribution is 7.99. The molecule has 1 fully saturated rings. The van der Waals surface area contributed by atoms with E-state index in [1.54, 1.807) is 24.2 Å². The number of piperazine rings is 1. The Labute approximate surface area is 231 Å². The van der Waals surface area contributed by atoms with Gasteiger partial charge in [0, 0.05) is 61.8 Å². The molecule has 5 aromatic rings. The molecule has 5 heterocycles. The molecular formula is C30H28FN7S. The summed E-state index contributed by atoms with van der Waals surface area (Å²) in [5.41, 5.74) is 12.6. The lowest BCUT2D eigenvalue weighted by Gasteiger charge is -2.33. The summed E-state index contributed by atoms with van der Waals surface area (Å²) in [4.78, 5) is 15.6. The van der Waals surface area contributed by atoms with Crippen molar-refractivity contribution in [3.8, 4) is 28.3 Å². The van der Waals surface area contributed by atoms with Gasteiger partial charge in [0.1, 0.15) is 11.6 Å². The van der Waals surface area contributed by atoms with E-state index >= 15 is 0 Å².